The molecule has 2 aromatic rings. The Labute approximate surface area is 125 Å². The lowest BCUT2D eigenvalue weighted by Crippen LogP contribution is -2.20. The molecular formula is C14H14BrNO2S. The first-order valence-electron chi connectivity index (χ1n) is 5.85. The molecule has 1 atom stereocenters. The number of rotatable bonds is 6. The normalized spacial score (nSPS) is 12.1. The predicted molar refractivity (Wildman–Crippen MR) is 80.6 cm³/mol. The summed E-state index contributed by atoms with van der Waals surface area (Å²) >= 11 is 4.92. The summed E-state index contributed by atoms with van der Waals surface area (Å²) in [6.45, 7) is 0.266. The second-order valence-corrected chi connectivity index (χ2v) is 5.77. The first-order valence-corrected chi connectivity index (χ1v) is 7.63. The van der Waals surface area contributed by atoms with Gasteiger partial charge in [-0.25, -0.2) is 4.98 Å². The van der Waals surface area contributed by atoms with Crippen molar-refractivity contribution in [1.29, 1.82) is 0 Å². The molecule has 0 spiro atoms. The van der Waals surface area contributed by atoms with Crippen LogP contribution in [-0.4, -0.2) is 28.6 Å². The number of aromatic nitrogens is 1. The predicted octanol–water partition coefficient (Wildman–Crippen LogP) is 3.38. The first-order chi connectivity index (χ1) is 9.25. The van der Waals surface area contributed by atoms with E-state index in [0.717, 1.165) is 15.2 Å². The van der Waals surface area contributed by atoms with Gasteiger partial charge in [-0.15, -0.1) is 11.8 Å². The molecule has 0 aliphatic carbocycles. The molecule has 100 valence electrons. The van der Waals surface area contributed by atoms with Crippen LogP contribution in [0.25, 0.3) is 0 Å². The zero-order chi connectivity index (χ0) is 13.5. The molecule has 0 saturated carbocycles. The van der Waals surface area contributed by atoms with E-state index in [-0.39, 0.29) is 6.61 Å². The van der Waals surface area contributed by atoms with Crippen LogP contribution in [0, 0.1) is 0 Å². The van der Waals surface area contributed by atoms with Crippen LogP contribution in [-0.2, 0) is 0 Å². The summed E-state index contributed by atoms with van der Waals surface area (Å²) in [5.74, 6) is 1.30. The fourth-order valence-corrected chi connectivity index (χ4v) is 2.58. The van der Waals surface area contributed by atoms with Gasteiger partial charge in [0.15, 0.2) is 0 Å². The minimum absolute atomic E-state index is 0.266. The van der Waals surface area contributed by atoms with E-state index < -0.39 is 6.10 Å². The molecule has 1 aromatic heterocycles. The van der Waals surface area contributed by atoms with Crippen molar-refractivity contribution in [1.82, 2.24) is 4.98 Å². The molecule has 2 rings (SSSR count). The van der Waals surface area contributed by atoms with Gasteiger partial charge in [0.2, 0.25) is 0 Å². The quantitative estimate of drug-likeness (QED) is 0.819. The molecule has 0 aliphatic rings. The summed E-state index contributed by atoms with van der Waals surface area (Å²) in [4.78, 5) is 4.19. The molecule has 3 nitrogen and oxygen atoms in total. The Kier molecular flexibility index (Phi) is 5.69. The Morgan fingerprint density at radius 3 is 2.74 bits per heavy atom. The lowest BCUT2D eigenvalue weighted by Gasteiger charge is -2.12. The summed E-state index contributed by atoms with van der Waals surface area (Å²) in [5, 5.41) is 10.8. The van der Waals surface area contributed by atoms with Gasteiger partial charge < -0.3 is 9.84 Å². The third-order valence-electron chi connectivity index (χ3n) is 2.33. The summed E-state index contributed by atoms with van der Waals surface area (Å²) in [6.07, 6.45) is 1.21. The van der Waals surface area contributed by atoms with E-state index in [1.807, 2.05) is 42.5 Å². The number of pyridine rings is 1. The third-order valence-corrected chi connectivity index (χ3v) is 4.07. The number of halogens is 1. The van der Waals surface area contributed by atoms with Crippen LogP contribution in [0.4, 0.5) is 0 Å². The first kappa shape index (κ1) is 14.4. The molecule has 0 fully saturated rings. The summed E-state index contributed by atoms with van der Waals surface area (Å²) in [6, 6.07) is 13.3. The smallest absolute Gasteiger partial charge is 0.133 e. The summed E-state index contributed by atoms with van der Waals surface area (Å²) in [5.41, 5.74) is 0. The third kappa shape index (κ3) is 4.86. The molecule has 0 saturated heterocycles. The SMILES string of the molecule is OC(COc1ccccc1Br)CSc1ccccn1. The lowest BCUT2D eigenvalue weighted by atomic mass is 10.3. The maximum absolute atomic E-state index is 9.87. The average Bonchev–Trinajstić information content (AvgIpc) is 2.45. The van der Waals surface area contributed by atoms with E-state index in [9.17, 15) is 5.11 Å². The van der Waals surface area contributed by atoms with Gasteiger partial charge in [0.1, 0.15) is 12.4 Å². The summed E-state index contributed by atoms with van der Waals surface area (Å²) in [7, 11) is 0. The molecule has 19 heavy (non-hydrogen) atoms. The van der Waals surface area contributed by atoms with Gasteiger partial charge in [-0.3, -0.25) is 0 Å². The zero-order valence-electron chi connectivity index (χ0n) is 10.2. The number of ether oxygens (including phenoxy) is 1. The molecule has 5 heteroatoms. The summed E-state index contributed by atoms with van der Waals surface area (Å²) < 4.78 is 6.44. The Morgan fingerprint density at radius 1 is 1.21 bits per heavy atom. The minimum atomic E-state index is -0.529. The van der Waals surface area contributed by atoms with Crippen LogP contribution in [0.3, 0.4) is 0 Å². The van der Waals surface area contributed by atoms with Crippen molar-refractivity contribution in [3.63, 3.8) is 0 Å². The fraction of sp³-hybridized carbons (Fsp3) is 0.214. The topological polar surface area (TPSA) is 42.4 Å². The Hall–Kier alpha value is -1.04. The fourth-order valence-electron chi connectivity index (χ4n) is 1.41. The Morgan fingerprint density at radius 2 is 2.00 bits per heavy atom. The zero-order valence-corrected chi connectivity index (χ0v) is 12.6. The molecule has 0 amide bonds. The lowest BCUT2D eigenvalue weighted by molar-refractivity contribution is 0.126. The number of thioether (sulfide) groups is 1. The van der Waals surface area contributed by atoms with Crippen molar-refractivity contribution in [3.8, 4) is 5.75 Å². The van der Waals surface area contributed by atoms with Gasteiger partial charge >= 0.3 is 0 Å². The van der Waals surface area contributed by atoms with Crippen LogP contribution in [0.1, 0.15) is 0 Å². The Balaban J connectivity index is 1.76. The molecule has 1 unspecified atom stereocenters. The monoisotopic (exact) mass is 339 g/mol. The molecule has 0 aliphatic heterocycles. The van der Waals surface area contributed by atoms with Crippen LogP contribution < -0.4 is 4.74 Å². The van der Waals surface area contributed by atoms with E-state index in [4.69, 9.17) is 4.74 Å². The van der Waals surface area contributed by atoms with Crippen molar-refractivity contribution >= 4 is 27.7 Å². The second-order valence-electron chi connectivity index (χ2n) is 3.87. The number of aliphatic hydroxyl groups is 1. The second kappa shape index (κ2) is 7.53. The maximum Gasteiger partial charge on any atom is 0.133 e. The van der Waals surface area contributed by atoms with Crippen molar-refractivity contribution in [2.75, 3.05) is 12.4 Å². The van der Waals surface area contributed by atoms with Crippen LogP contribution >= 0.6 is 27.7 Å². The molecule has 0 radical (unpaired) electrons. The van der Waals surface area contributed by atoms with E-state index in [0.29, 0.717) is 5.75 Å². The largest absolute Gasteiger partial charge is 0.490 e. The Bertz CT molecular complexity index is 510. The number of aliphatic hydroxyl groups excluding tert-OH is 1. The van der Waals surface area contributed by atoms with Gasteiger partial charge in [0.25, 0.3) is 0 Å². The van der Waals surface area contributed by atoms with Gasteiger partial charge in [0.05, 0.1) is 15.6 Å². The number of para-hydroxylation sites is 1. The van der Waals surface area contributed by atoms with Crippen molar-refractivity contribution < 1.29 is 9.84 Å². The van der Waals surface area contributed by atoms with Crippen molar-refractivity contribution in [3.05, 3.63) is 53.1 Å². The number of nitrogens with zero attached hydrogens (tertiary/aromatic N) is 1. The number of hydrogen-bond acceptors (Lipinski definition) is 4. The van der Waals surface area contributed by atoms with Crippen molar-refractivity contribution in [2.45, 2.75) is 11.1 Å². The van der Waals surface area contributed by atoms with E-state index >= 15 is 0 Å². The molecule has 1 N–H and O–H groups in total. The number of benzene rings is 1. The van der Waals surface area contributed by atoms with Crippen molar-refractivity contribution in [2.24, 2.45) is 0 Å². The molecule has 0 bridgehead atoms. The van der Waals surface area contributed by atoms with Gasteiger partial charge in [0, 0.05) is 11.9 Å². The highest BCUT2D eigenvalue weighted by molar-refractivity contribution is 9.10. The van der Waals surface area contributed by atoms with Gasteiger partial charge in [-0.2, -0.15) is 0 Å². The van der Waals surface area contributed by atoms with Crippen LogP contribution in [0.2, 0.25) is 0 Å². The number of hydrogen-bond donors (Lipinski definition) is 1. The van der Waals surface area contributed by atoms with E-state index in [2.05, 4.69) is 20.9 Å². The van der Waals surface area contributed by atoms with Gasteiger partial charge in [-0.05, 0) is 40.2 Å². The highest BCUT2D eigenvalue weighted by Gasteiger charge is 2.08. The highest BCUT2D eigenvalue weighted by atomic mass is 79.9. The molecule has 1 aromatic carbocycles. The average molecular weight is 340 g/mol. The standard InChI is InChI=1S/C14H14BrNO2S/c15-12-5-1-2-6-13(12)18-9-11(17)10-19-14-7-3-4-8-16-14/h1-8,11,17H,9-10H2. The minimum Gasteiger partial charge on any atom is -0.490 e. The molecule has 1 heterocycles. The van der Waals surface area contributed by atoms with Crippen LogP contribution in [0.15, 0.2) is 58.2 Å². The highest BCUT2D eigenvalue weighted by Crippen LogP contribution is 2.24. The van der Waals surface area contributed by atoms with E-state index in [1.165, 1.54) is 11.8 Å². The van der Waals surface area contributed by atoms with E-state index in [1.54, 1.807) is 6.20 Å². The van der Waals surface area contributed by atoms with Crippen LogP contribution in [0.5, 0.6) is 5.75 Å². The molecular weight excluding hydrogens is 326 g/mol. The van der Waals surface area contributed by atoms with Gasteiger partial charge in [-0.1, -0.05) is 18.2 Å². The maximum atomic E-state index is 9.87.